The largest absolute Gasteiger partial charge is 0.486 e. The Kier molecular flexibility index (Phi) is 7.12. The van der Waals surface area contributed by atoms with Crippen molar-refractivity contribution in [3.63, 3.8) is 0 Å². The van der Waals surface area contributed by atoms with E-state index < -0.39 is 6.04 Å². The second-order valence-corrected chi connectivity index (χ2v) is 5.39. The summed E-state index contributed by atoms with van der Waals surface area (Å²) in [6.45, 7) is 4.56. The summed E-state index contributed by atoms with van der Waals surface area (Å²) in [5, 5.41) is 5.20. The number of carbonyl (C=O) groups is 2. The highest BCUT2D eigenvalue weighted by atomic mass is 35.5. The van der Waals surface area contributed by atoms with Crippen LogP contribution in [0.4, 0.5) is 5.69 Å². The third-order valence-corrected chi connectivity index (χ3v) is 3.27. The molecule has 1 atom stereocenters. The van der Waals surface area contributed by atoms with Crippen molar-refractivity contribution < 1.29 is 19.1 Å². The van der Waals surface area contributed by atoms with Crippen molar-refractivity contribution in [1.29, 1.82) is 0 Å². The highest BCUT2D eigenvalue weighted by Gasteiger charge is 2.18. The topological polar surface area (TPSA) is 103 Å². The molecule has 1 aromatic rings. The van der Waals surface area contributed by atoms with Crippen LogP contribution in [-0.4, -0.2) is 37.6 Å². The quantitative estimate of drug-likeness (QED) is 0.737. The van der Waals surface area contributed by atoms with E-state index in [1.807, 2.05) is 13.8 Å². The monoisotopic (exact) mass is 343 g/mol. The maximum absolute atomic E-state index is 11.8. The first-order chi connectivity index (χ1) is 10.5. The van der Waals surface area contributed by atoms with Crippen LogP contribution in [-0.2, 0) is 9.59 Å². The van der Waals surface area contributed by atoms with Gasteiger partial charge in [0.1, 0.15) is 13.2 Å². The first kappa shape index (κ1) is 19.1. The number of fused-ring (bicyclic) bond motifs is 1. The van der Waals surface area contributed by atoms with Gasteiger partial charge in [-0.05, 0) is 18.1 Å². The maximum Gasteiger partial charge on any atom is 0.243 e. The molecule has 2 amide bonds. The summed E-state index contributed by atoms with van der Waals surface area (Å²) in [7, 11) is 0. The standard InChI is InChI=1S/C15H21N3O4.ClH/c1-9(2)14(16)15(20)17-8-13(19)18-10-3-4-11-12(7-10)22-6-5-21-11;/h3-4,7,9,14H,5-6,8,16H2,1-2H3,(H,17,20)(H,18,19);1H/t14-;/m0./s1. The van der Waals surface area contributed by atoms with Crippen LogP contribution in [0.1, 0.15) is 13.8 Å². The number of carbonyl (C=O) groups excluding carboxylic acids is 2. The fourth-order valence-corrected chi connectivity index (χ4v) is 1.91. The fraction of sp³-hybridized carbons (Fsp3) is 0.467. The molecule has 0 aromatic heterocycles. The Balaban J connectivity index is 0.00000264. The van der Waals surface area contributed by atoms with Gasteiger partial charge in [0.15, 0.2) is 11.5 Å². The lowest BCUT2D eigenvalue weighted by Gasteiger charge is -2.19. The van der Waals surface area contributed by atoms with E-state index in [1.165, 1.54) is 0 Å². The Morgan fingerprint density at radius 2 is 1.87 bits per heavy atom. The molecule has 0 fully saturated rings. The Bertz CT molecular complexity index is 566. The molecule has 0 saturated carbocycles. The van der Waals surface area contributed by atoms with Gasteiger partial charge >= 0.3 is 0 Å². The zero-order valence-corrected chi connectivity index (χ0v) is 13.9. The van der Waals surface area contributed by atoms with Crippen LogP contribution in [0.5, 0.6) is 11.5 Å². The number of nitrogens with one attached hydrogen (secondary N) is 2. The molecule has 7 nitrogen and oxygen atoms in total. The van der Waals surface area contributed by atoms with Crippen LogP contribution in [0, 0.1) is 5.92 Å². The van der Waals surface area contributed by atoms with Crippen LogP contribution >= 0.6 is 12.4 Å². The first-order valence-electron chi connectivity index (χ1n) is 7.20. The second-order valence-electron chi connectivity index (χ2n) is 5.39. The van der Waals surface area contributed by atoms with E-state index in [0.717, 1.165) is 0 Å². The van der Waals surface area contributed by atoms with Gasteiger partial charge in [-0.25, -0.2) is 0 Å². The number of halogens is 1. The van der Waals surface area contributed by atoms with Crippen LogP contribution < -0.4 is 25.8 Å². The predicted molar refractivity (Wildman–Crippen MR) is 89.1 cm³/mol. The van der Waals surface area contributed by atoms with Gasteiger partial charge in [-0.2, -0.15) is 0 Å². The molecule has 4 N–H and O–H groups in total. The lowest BCUT2D eigenvalue weighted by molar-refractivity contribution is -0.125. The average molecular weight is 344 g/mol. The maximum atomic E-state index is 11.8. The molecular formula is C15H22ClN3O4. The Labute approximate surface area is 141 Å². The van der Waals surface area contributed by atoms with Crippen molar-refractivity contribution in [2.24, 2.45) is 11.7 Å². The van der Waals surface area contributed by atoms with Crippen LogP contribution in [0.3, 0.4) is 0 Å². The smallest absolute Gasteiger partial charge is 0.243 e. The van der Waals surface area contributed by atoms with Crippen molar-refractivity contribution in [3.8, 4) is 11.5 Å². The average Bonchev–Trinajstić information content (AvgIpc) is 2.51. The van der Waals surface area contributed by atoms with Gasteiger partial charge < -0.3 is 25.8 Å². The molecule has 1 heterocycles. The van der Waals surface area contributed by atoms with E-state index in [4.69, 9.17) is 15.2 Å². The number of nitrogens with two attached hydrogens (primary N) is 1. The molecule has 1 aliphatic rings. The minimum Gasteiger partial charge on any atom is -0.486 e. The Morgan fingerprint density at radius 1 is 1.22 bits per heavy atom. The normalized spacial score (nSPS) is 13.7. The first-order valence-corrected chi connectivity index (χ1v) is 7.20. The number of hydrogen-bond donors (Lipinski definition) is 3. The van der Waals surface area contributed by atoms with E-state index in [0.29, 0.717) is 30.4 Å². The minimum atomic E-state index is -0.623. The summed E-state index contributed by atoms with van der Waals surface area (Å²) in [6, 6.07) is 4.51. The van der Waals surface area contributed by atoms with Crippen LogP contribution in [0.15, 0.2) is 18.2 Å². The summed E-state index contributed by atoms with van der Waals surface area (Å²) >= 11 is 0. The van der Waals surface area contributed by atoms with Crippen molar-refractivity contribution in [1.82, 2.24) is 5.32 Å². The van der Waals surface area contributed by atoms with Crippen molar-refractivity contribution in [2.75, 3.05) is 25.1 Å². The van der Waals surface area contributed by atoms with E-state index in [2.05, 4.69) is 10.6 Å². The molecule has 0 saturated heterocycles. The number of anilines is 1. The van der Waals surface area contributed by atoms with Crippen molar-refractivity contribution in [3.05, 3.63) is 18.2 Å². The summed E-state index contributed by atoms with van der Waals surface area (Å²) in [5.41, 5.74) is 6.28. The Morgan fingerprint density at radius 3 is 2.52 bits per heavy atom. The minimum absolute atomic E-state index is 0. The van der Waals surface area contributed by atoms with Crippen molar-refractivity contribution >= 4 is 29.9 Å². The lowest BCUT2D eigenvalue weighted by atomic mass is 10.1. The highest BCUT2D eigenvalue weighted by Crippen LogP contribution is 2.32. The number of rotatable bonds is 5. The number of ether oxygens (including phenoxy) is 2. The molecule has 2 rings (SSSR count). The number of benzene rings is 1. The zero-order chi connectivity index (χ0) is 16.1. The lowest BCUT2D eigenvalue weighted by Crippen LogP contribution is -2.46. The summed E-state index contributed by atoms with van der Waals surface area (Å²) in [4.78, 5) is 23.5. The van der Waals surface area contributed by atoms with Gasteiger partial charge in [0.05, 0.1) is 12.6 Å². The molecular weight excluding hydrogens is 322 g/mol. The molecule has 0 spiro atoms. The number of hydrogen-bond acceptors (Lipinski definition) is 5. The molecule has 0 aliphatic carbocycles. The molecule has 0 radical (unpaired) electrons. The summed E-state index contributed by atoms with van der Waals surface area (Å²) < 4.78 is 10.8. The molecule has 0 bridgehead atoms. The van der Waals surface area contributed by atoms with Gasteiger partial charge in [0.25, 0.3) is 0 Å². The zero-order valence-electron chi connectivity index (χ0n) is 13.1. The molecule has 0 unspecified atom stereocenters. The molecule has 23 heavy (non-hydrogen) atoms. The summed E-state index contributed by atoms with van der Waals surface area (Å²) in [5.74, 6) is 0.588. The summed E-state index contributed by atoms with van der Waals surface area (Å²) in [6.07, 6.45) is 0. The predicted octanol–water partition coefficient (Wildman–Crippen LogP) is 0.918. The van der Waals surface area contributed by atoms with Gasteiger partial charge in [0, 0.05) is 11.8 Å². The molecule has 1 aromatic carbocycles. The second kappa shape index (κ2) is 8.59. The van der Waals surface area contributed by atoms with E-state index in [9.17, 15) is 9.59 Å². The fourth-order valence-electron chi connectivity index (χ4n) is 1.91. The molecule has 128 valence electrons. The van der Waals surface area contributed by atoms with Crippen LogP contribution in [0.25, 0.3) is 0 Å². The SMILES string of the molecule is CC(C)[C@H](N)C(=O)NCC(=O)Nc1ccc2c(c1)OCCO2.Cl. The van der Waals surface area contributed by atoms with E-state index in [-0.39, 0.29) is 36.7 Å². The van der Waals surface area contributed by atoms with Crippen molar-refractivity contribution in [2.45, 2.75) is 19.9 Å². The van der Waals surface area contributed by atoms with E-state index in [1.54, 1.807) is 18.2 Å². The van der Waals surface area contributed by atoms with Crippen LogP contribution in [0.2, 0.25) is 0 Å². The van der Waals surface area contributed by atoms with Gasteiger partial charge in [-0.1, -0.05) is 13.8 Å². The third-order valence-electron chi connectivity index (χ3n) is 3.27. The van der Waals surface area contributed by atoms with E-state index >= 15 is 0 Å². The third kappa shape index (κ3) is 5.30. The van der Waals surface area contributed by atoms with Gasteiger partial charge in [-0.15, -0.1) is 12.4 Å². The number of amides is 2. The molecule has 8 heteroatoms. The molecule has 1 aliphatic heterocycles. The van der Waals surface area contributed by atoms with Gasteiger partial charge in [0.2, 0.25) is 11.8 Å². The van der Waals surface area contributed by atoms with Gasteiger partial charge in [-0.3, -0.25) is 9.59 Å². The highest BCUT2D eigenvalue weighted by molar-refractivity contribution is 5.95. The Hall–Kier alpha value is -1.99.